The Morgan fingerprint density at radius 1 is 0.923 bits per heavy atom. The molecule has 3 amide bonds. The Morgan fingerprint density at radius 2 is 1.67 bits per heavy atom. The highest BCUT2D eigenvalue weighted by molar-refractivity contribution is 5.80. The van der Waals surface area contributed by atoms with Crippen molar-refractivity contribution in [1.82, 2.24) is 25.8 Å². The number of aliphatic hydroxyl groups excluding tert-OH is 1. The lowest BCUT2D eigenvalue weighted by Gasteiger charge is -2.39. The number of unbranched alkanes of at least 4 members (excludes halogenated alkanes) is 1. The third kappa shape index (κ3) is 11.3. The van der Waals surface area contributed by atoms with Crippen molar-refractivity contribution in [3.8, 4) is 0 Å². The van der Waals surface area contributed by atoms with Gasteiger partial charge in [-0.25, -0.2) is 0 Å². The molecule has 0 saturated carbocycles. The van der Waals surface area contributed by atoms with Gasteiger partial charge in [-0.3, -0.25) is 19.3 Å². The molecule has 3 rings (SSSR count). The van der Waals surface area contributed by atoms with E-state index in [1.54, 1.807) is 6.92 Å². The Morgan fingerprint density at radius 3 is 2.41 bits per heavy atom. The van der Waals surface area contributed by atoms with Gasteiger partial charge >= 0.3 is 0 Å². The number of likely N-dealkylation sites (tertiary alicyclic amines) is 1. The van der Waals surface area contributed by atoms with E-state index < -0.39 is 12.1 Å². The van der Waals surface area contributed by atoms with Crippen LogP contribution in [0.1, 0.15) is 63.9 Å². The molecule has 0 spiro atoms. The quantitative estimate of drug-likeness (QED) is 0.391. The van der Waals surface area contributed by atoms with Crippen LogP contribution in [0, 0.1) is 11.8 Å². The number of nitrogens with one attached hydrogen (secondary N) is 3. The lowest BCUT2D eigenvalue weighted by atomic mass is 9.80. The molecule has 2 fully saturated rings. The first kappa shape index (κ1) is 31.0. The van der Waals surface area contributed by atoms with Crippen molar-refractivity contribution in [3.63, 3.8) is 0 Å². The topological polar surface area (TPSA) is 114 Å². The summed E-state index contributed by atoms with van der Waals surface area (Å²) in [4.78, 5) is 43.1. The van der Waals surface area contributed by atoms with Gasteiger partial charge in [-0.05, 0) is 77.2 Å². The van der Waals surface area contributed by atoms with Gasteiger partial charge in [0.25, 0.3) is 0 Å². The first-order chi connectivity index (χ1) is 18.7. The van der Waals surface area contributed by atoms with Crippen molar-refractivity contribution in [2.45, 2.75) is 83.0 Å². The zero-order valence-corrected chi connectivity index (χ0v) is 24.0. The lowest BCUT2D eigenvalue weighted by molar-refractivity contribution is -0.128. The molecule has 0 unspecified atom stereocenters. The standard InChI is InChI=1S/C30H49N5O4/c1-22-27(36)19-30(39)33-26(11-7-8-15-34(2)3)18-28(37)31-14-12-25-21-35(20-23-9-5-4-6-10-23)16-13-24(25)17-29(38)32-22/h4-6,9-10,22,24-27,36H,7-8,11-21H2,1-3H3,(H,31,37)(H,32,38)(H,33,39)/t22-,24-,25-,26-,27-/m0/s1. The van der Waals surface area contributed by atoms with E-state index in [4.69, 9.17) is 0 Å². The van der Waals surface area contributed by atoms with Crippen molar-refractivity contribution in [2.75, 3.05) is 40.3 Å². The minimum atomic E-state index is -0.992. The van der Waals surface area contributed by atoms with Crippen molar-refractivity contribution >= 4 is 17.7 Å². The number of hydrogen-bond acceptors (Lipinski definition) is 6. The number of aliphatic hydroxyl groups is 1. The van der Waals surface area contributed by atoms with E-state index >= 15 is 0 Å². The Bertz CT molecular complexity index is 912. The van der Waals surface area contributed by atoms with Crippen molar-refractivity contribution in [2.24, 2.45) is 11.8 Å². The lowest BCUT2D eigenvalue weighted by Crippen LogP contribution is -2.48. The number of fused-ring (bicyclic) bond motifs is 1. The Kier molecular flexibility index (Phi) is 12.7. The van der Waals surface area contributed by atoms with E-state index in [1.165, 1.54) is 5.56 Å². The molecule has 2 aliphatic heterocycles. The summed E-state index contributed by atoms with van der Waals surface area (Å²) in [6.07, 6.45) is 3.79. The maximum Gasteiger partial charge on any atom is 0.222 e. The summed E-state index contributed by atoms with van der Waals surface area (Å²) in [5.74, 6) is 0.0255. The normalized spacial score (nSPS) is 28.3. The molecule has 218 valence electrons. The van der Waals surface area contributed by atoms with Gasteiger partial charge in [0.05, 0.1) is 18.6 Å². The van der Waals surface area contributed by atoms with Crippen LogP contribution < -0.4 is 16.0 Å². The van der Waals surface area contributed by atoms with Gasteiger partial charge in [0, 0.05) is 38.5 Å². The fourth-order valence-corrected chi connectivity index (χ4v) is 5.77. The third-order valence-corrected chi connectivity index (χ3v) is 8.07. The smallest absolute Gasteiger partial charge is 0.222 e. The van der Waals surface area contributed by atoms with Crippen LogP contribution in [0.4, 0.5) is 0 Å². The molecule has 5 atom stereocenters. The maximum atomic E-state index is 12.9. The monoisotopic (exact) mass is 543 g/mol. The largest absolute Gasteiger partial charge is 0.390 e. The number of carbonyl (C=O) groups is 3. The number of hydrogen-bond donors (Lipinski definition) is 4. The third-order valence-electron chi connectivity index (χ3n) is 8.07. The molecule has 0 bridgehead atoms. The molecule has 0 radical (unpaired) electrons. The van der Waals surface area contributed by atoms with Gasteiger partial charge in [0.1, 0.15) is 0 Å². The SMILES string of the molecule is C[C@@H]1NC(=O)C[C@@H]2CCN(Cc3ccccc3)C[C@@H]2CCNC(=O)C[C@H](CCCCN(C)C)NC(=O)C[C@@H]1O. The van der Waals surface area contributed by atoms with Crippen LogP contribution in [0.15, 0.2) is 30.3 Å². The maximum absolute atomic E-state index is 12.9. The first-order valence-electron chi connectivity index (χ1n) is 14.6. The van der Waals surface area contributed by atoms with Gasteiger partial charge in [-0.15, -0.1) is 0 Å². The van der Waals surface area contributed by atoms with Crippen LogP contribution >= 0.6 is 0 Å². The number of nitrogens with zero attached hydrogens (tertiary/aromatic N) is 2. The van der Waals surface area contributed by atoms with Crippen LogP contribution in [-0.2, 0) is 20.9 Å². The Labute approximate surface area is 234 Å². The fourth-order valence-electron chi connectivity index (χ4n) is 5.77. The Hall–Kier alpha value is -2.49. The zero-order chi connectivity index (χ0) is 28.2. The van der Waals surface area contributed by atoms with Gasteiger partial charge in [0.15, 0.2) is 0 Å². The number of amides is 3. The second-order valence-electron chi connectivity index (χ2n) is 11.8. The van der Waals surface area contributed by atoms with Crippen molar-refractivity contribution in [1.29, 1.82) is 0 Å². The molecule has 1 aromatic carbocycles. The predicted octanol–water partition coefficient (Wildman–Crippen LogP) is 1.90. The van der Waals surface area contributed by atoms with Gasteiger partial charge in [0.2, 0.25) is 17.7 Å². The summed E-state index contributed by atoms with van der Waals surface area (Å²) in [6.45, 7) is 5.92. The number of rotatable bonds is 7. The van der Waals surface area contributed by atoms with Crippen molar-refractivity contribution in [3.05, 3.63) is 35.9 Å². The highest BCUT2D eigenvalue weighted by Crippen LogP contribution is 2.30. The highest BCUT2D eigenvalue weighted by Gasteiger charge is 2.32. The summed E-state index contributed by atoms with van der Waals surface area (Å²) < 4.78 is 0. The van der Waals surface area contributed by atoms with Gasteiger partial charge in [-0.2, -0.15) is 0 Å². The fraction of sp³-hybridized carbons (Fsp3) is 0.700. The summed E-state index contributed by atoms with van der Waals surface area (Å²) in [6, 6.07) is 9.60. The molecule has 1 aromatic rings. The second kappa shape index (κ2) is 15.9. The molecule has 9 heteroatoms. The summed E-state index contributed by atoms with van der Waals surface area (Å²) in [7, 11) is 4.06. The average Bonchev–Trinajstić information content (AvgIpc) is 2.87. The van der Waals surface area contributed by atoms with Crippen LogP contribution in [0.2, 0.25) is 0 Å². The van der Waals surface area contributed by atoms with E-state index in [0.717, 1.165) is 51.9 Å². The minimum Gasteiger partial charge on any atom is -0.390 e. The molecule has 2 aliphatic rings. The van der Waals surface area contributed by atoms with Gasteiger partial charge in [-0.1, -0.05) is 36.8 Å². The van der Waals surface area contributed by atoms with E-state index in [2.05, 4.69) is 50.0 Å². The minimum absolute atomic E-state index is 0.0693. The molecule has 9 nitrogen and oxygen atoms in total. The Balaban J connectivity index is 1.66. The summed E-state index contributed by atoms with van der Waals surface area (Å²) in [5, 5.41) is 19.6. The second-order valence-corrected chi connectivity index (χ2v) is 11.8. The van der Waals surface area contributed by atoms with E-state index in [-0.39, 0.29) is 48.4 Å². The molecular weight excluding hydrogens is 494 g/mol. The number of piperidine rings is 1. The van der Waals surface area contributed by atoms with E-state index in [9.17, 15) is 19.5 Å². The van der Waals surface area contributed by atoms with Crippen LogP contribution in [0.25, 0.3) is 0 Å². The van der Waals surface area contributed by atoms with E-state index in [1.807, 2.05) is 20.2 Å². The predicted molar refractivity (Wildman–Crippen MR) is 153 cm³/mol. The number of carbonyl (C=O) groups excluding carboxylic acids is 3. The molecule has 0 aromatic heterocycles. The molecule has 0 aliphatic carbocycles. The zero-order valence-electron chi connectivity index (χ0n) is 24.0. The van der Waals surface area contributed by atoms with Crippen molar-refractivity contribution < 1.29 is 19.5 Å². The molecular formula is C30H49N5O4. The molecule has 4 N–H and O–H groups in total. The molecule has 2 saturated heterocycles. The molecule has 39 heavy (non-hydrogen) atoms. The van der Waals surface area contributed by atoms with Crippen LogP contribution in [0.5, 0.6) is 0 Å². The van der Waals surface area contributed by atoms with Crippen LogP contribution in [0.3, 0.4) is 0 Å². The summed E-state index contributed by atoms with van der Waals surface area (Å²) in [5.41, 5.74) is 1.27. The summed E-state index contributed by atoms with van der Waals surface area (Å²) >= 11 is 0. The van der Waals surface area contributed by atoms with Crippen LogP contribution in [-0.4, -0.2) is 91.1 Å². The highest BCUT2D eigenvalue weighted by atomic mass is 16.3. The van der Waals surface area contributed by atoms with E-state index in [0.29, 0.717) is 19.4 Å². The number of benzene rings is 1. The molecule has 2 heterocycles. The first-order valence-corrected chi connectivity index (χ1v) is 14.6. The average molecular weight is 544 g/mol. The van der Waals surface area contributed by atoms with Gasteiger partial charge < -0.3 is 26.0 Å².